The van der Waals surface area contributed by atoms with Gasteiger partial charge in [-0.05, 0) is 6.42 Å². The summed E-state index contributed by atoms with van der Waals surface area (Å²) in [5, 5.41) is 21.4. The fraction of sp³-hybridized carbons (Fsp3) is 0.667. The first kappa shape index (κ1) is 10.7. The number of rotatable bonds is 5. The maximum absolute atomic E-state index is 9.29. The Kier molecular flexibility index (Phi) is 4.08. The van der Waals surface area contributed by atoms with Crippen LogP contribution in [-0.4, -0.2) is 21.4 Å². The topological polar surface area (TPSA) is 82.9 Å². The number of nitrogens with zero attached hydrogens (tertiary/aromatic N) is 3. The molecular formula is C9H13N3O2. The molecule has 0 radical (unpaired) electrons. The lowest BCUT2D eigenvalue weighted by molar-refractivity contribution is 0.167. The van der Waals surface area contributed by atoms with E-state index in [1.54, 1.807) is 0 Å². The Hall–Kier alpha value is -1.41. The SMILES string of the molecule is CCCc1noc(CC(O)CC#N)n1. The van der Waals surface area contributed by atoms with Crippen molar-refractivity contribution in [2.75, 3.05) is 0 Å². The summed E-state index contributed by atoms with van der Waals surface area (Å²) in [4.78, 5) is 4.08. The first-order valence-corrected chi connectivity index (χ1v) is 4.62. The molecule has 0 saturated heterocycles. The lowest BCUT2D eigenvalue weighted by Crippen LogP contribution is -2.09. The minimum absolute atomic E-state index is 0.0888. The molecule has 0 aromatic carbocycles. The molecule has 1 aromatic heterocycles. The van der Waals surface area contributed by atoms with E-state index in [-0.39, 0.29) is 12.8 Å². The Labute approximate surface area is 82.4 Å². The summed E-state index contributed by atoms with van der Waals surface area (Å²) >= 11 is 0. The quantitative estimate of drug-likeness (QED) is 0.752. The average Bonchev–Trinajstić information content (AvgIpc) is 2.53. The summed E-state index contributed by atoms with van der Waals surface area (Å²) in [6, 6.07) is 1.88. The molecule has 1 atom stereocenters. The van der Waals surface area contributed by atoms with Crippen LogP contribution in [-0.2, 0) is 12.8 Å². The molecule has 0 aliphatic rings. The molecule has 5 heteroatoms. The molecule has 0 aliphatic heterocycles. The minimum atomic E-state index is -0.713. The van der Waals surface area contributed by atoms with E-state index < -0.39 is 6.10 Å². The van der Waals surface area contributed by atoms with Gasteiger partial charge in [0.15, 0.2) is 5.82 Å². The van der Waals surface area contributed by atoms with Crippen molar-refractivity contribution in [1.29, 1.82) is 5.26 Å². The molecule has 1 rings (SSSR count). The third-order valence-corrected chi connectivity index (χ3v) is 1.72. The Morgan fingerprint density at radius 1 is 1.64 bits per heavy atom. The first-order valence-electron chi connectivity index (χ1n) is 4.62. The van der Waals surface area contributed by atoms with Crippen molar-refractivity contribution >= 4 is 0 Å². The number of aromatic nitrogens is 2. The fourth-order valence-electron chi connectivity index (χ4n) is 1.08. The summed E-state index contributed by atoms with van der Waals surface area (Å²) in [7, 11) is 0. The molecule has 0 bridgehead atoms. The van der Waals surface area contributed by atoms with Gasteiger partial charge in [0.2, 0.25) is 5.89 Å². The van der Waals surface area contributed by atoms with E-state index >= 15 is 0 Å². The Morgan fingerprint density at radius 3 is 3.07 bits per heavy atom. The highest BCUT2D eigenvalue weighted by atomic mass is 16.5. The van der Waals surface area contributed by atoms with Crippen LogP contribution in [0.1, 0.15) is 31.5 Å². The van der Waals surface area contributed by atoms with Gasteiger partial charge in [-0.1, -0.05) is 12.1 Å². The van der Waals surface area contributed by atoms with Gasteiger partial charge in [0.25, 0.3) is 0 Å². The Bertz CT molecular complexity index is 316. The van der Waals surface area contributed by atoms with Crippen LogP contribution in [0.15, 0.2) is 4.52 Å². The van der Waals surface area contributed by atoms with Crippen molar-refractivity contribution in [1.82, 2.24) is 10.1 Å². The number of hydrogen-bond acceptors (Lipinski definition) is 5. The molecule has 1 unspecified atom stereocenters. The third-order valence-electron chi connectivity index (χ3n) is 1.72. The van der Waals surface area contributed by atoms with Crippen LogP contribution in [0.3, 0.4) is 0 Å². The maximum Gasteiger partial charge on any atom is 0.229 e. The fourth-order valence-corrected chi connectivity index (χ4v) is 1.08. The highest BCUT2D eigenvalue weighted by molar-refractivity contribution is 4.89. The predicted molar refractivity (Wildman–Crippen MR) is 48.2 cm³/mol. The van der Waals surface area contributed by atoms with Crippen molar-refractivity contribution in [3.8, 4) is 6.07 Å². The summed E-state index contributed by atoms with van der Waals surface area (Å²) in [6.07, 6.45) is 1.36. The molecule has 0 saturated carbocycles. The maximum atomic E-state index is 9.29. The van der Waals surface area contributed by atoms with Gasteiger partial charge in [-0.2, -0.15) is 10.2 Å². The van der Waals surface area contributed by atoms with Crippen molar-refractivity contribution in [2.45, 2.75) is 38.7 Å². The highest BCUT2D eigenvalue weighted by Gasteiger charge is 2.11. The van der Waals surface area contributed by atoms with Crippen LogP contribution >= 0.6 is 0 Å². The molecule has 5 nitrogen and oxygen atoms in total. The van der Waals surface area contributed by atoms with Gasteiger partial charge in [-0.15, -0.1) is 0 Å². The zero-order valence-corrected chi connectivity index (χ0v) is 8.10. The zero-order valence-electron chi connectivity index (χ0n) is 8.10. The second kappa shape index (κ2) is 5.35. The van der Waals surface area contributed by atoms with Gasteiger partial charge in [-0.3, -0.25) is 0 Å². The Balaban J connectivity index is 2.47. The van der Waals surface area contributed by atoms with E-state index in [1.165, 1.54) is 0 Å². The number of aryl methyl sites for hydroxylation is 1. The van der Waals surface area contributed by atoms with Gasteiger partial charge in [0.1, 0.15) is 0 Å². The number of aliphatic hydroxyl groups is 1. The summed E-state index contributed by atoms with van der Waals surface area (Å²) in [6.45, 7) is 2.03. The van der Waals surface area contributed by atoms with Crippen LogP contribution in [0.25, 0.3) is 0 Å². The van der Waals surface area contributed by atoms with E-state index in [2.05, 4.69) is 10.1 Å². The smallest absolute Gasteiger partial charge is 0.229 e. The van der Waals surface area contributed by atoms with Gasteiger partial charge in [0.05, 0.1) is 25.0 Å². The van der Waals surface area contributed by atoms with E-state index in [1.807, 2.05) is 13.0 Å². The van der Waals surface area contributed by atoms with Crippen LogP contribution in [0, 0.1) is 11.3 Å². The van der Waals surface area contributed by atoms with Gasteiger partial charge in [-0.25, -0.2) is 0 Å². The molecule has 0 fully saturated rings. The van der Waals surface area contributed by atoms with Crippen molar-refractivity contribution in [3.63, 3.8) is 0 Å². The monoisotopic (exact) mass is 195 g/mol. The lowest BCUT2D eigenvalue weighted by Gasteiger charge is -1.99. The molecule has 0 aliphatic carbocycles. The largest absolute Gasteiger partial charge is 0.392 e. The van der Waals surface area contributed by atoms with Crippen LogP contribution < -0.4 is 0 Å². The van der Waals surface area contributed by atoms with E-state index in [9.17, 15) is 5.11 Å². The summed E-state index contributed by atoms with van der Waals surface area (Å²) in [5.74, 6) is 1.06. The number of nitriles is 1. The molecule has 14 heavy (non-hydrogen) atoms. The van der Waals surface area contributed by atoms with E-state index in [0.29, 0.717) is 11.7 Å². The van der Waals surface area contributed by atoms with Gasteiger partial charge in [0, 0.05) is 6.42 Å². The van der Waals surface area contributed by atoms with Crippen LogP contribution in [0.5, 0.6) is 0 Å². The van der Waals surface area contributed by atoms with Crippen molar-refractivity contribution < 1.29 is 9.63 Å². The van der Waals surface area contributed by atoms with Crippen molar-refractivity contribution in [2.24, 2.45) is 0 Å². The van der Waals surface area contributed by atoms with E-state index in [0.717, 1.165) is 12.8 Å². The lowest BCUT2D eigenvalue weighted by atomic mass is 10.2. The molecule has 1 aromatic rings. The number of hydrogen-bond donors (Lipinski definition) is 1. The van der Waals surface area contributed by atoms with E-state index in [4.69, 9.17) is 9.78 Å². The number of aliphatic hydroxyl groups excluding tert-OH is 1. The Morgan fingerprint density at radius 2 is 2.43 bits per heavy atom. The zero-order chi connectivity index (χ0) is 10.4. The first-order chi connectivity index (χ1) is 6.76. The minimum Gasteiger partial charge on any atom is -0.392 e. The molecule has 0 amide bonds. The standard InChI is InChI=1S/C9H13N3O2/c1-2-3-8-11-9(14-12-8)6-7(13)4-5-10/h7,13H,2-4,6H2,1H3. The predicted octanol–water partition coefficient (Wildman–Crippen LogP) is 0.839. The molecule has 1 N–H and O–H groups in total. The average molecular weight is 195 g/mol. The highest BCUT2D eigenvalue weighted by Crippen LogP contribution is 2.04. The molecule has 76 valence electrons. The van der Waals surface area contributed by atoms with Crippen LogP contribution in [0.2, 0.25) is 0 Å². The molecular weight excluding hydrogens is 182 g/mol. The normalized spacial score (nSPS) is 12.4. The van der Waals surface area contributed by atoms with Gasteiger partial charge >= 0.3 is 0 Å². The van der Waals surface area contributed by atoms with Crippen LogP contribution in [0.4, 0.5) is 0 Å². The van der Waals surface area contributed by atoms with Gasteiger partial charge < -0.3 is 9.63 Å². The summed E-state index contributed by atoms with van der Waals surface area (Å²) < 4.78 is 4.90. The third kappa shape index (κ3) is 3.15. The summed E-state index contributed by atoms with van der Waals surface area (Å²) in [5.41, 5.74) is 0. The second-order valence-corrected chi connectivity index (χ2v) is 3.07. The van der Waals surface area contributed by atoms with Crippen molar-refractivity contribution in [3.05, 3.63) is 11.7 Å². The molecule has 0 spiro atoms. The molecule has 1 heterocycles. The second-order valence-electron chi connectivity index (χ2n) is 3.07.